The summed E-state index contributed by atoms with van der Waals surface area (Å²) in [5, 5.41) is 3.74. The number of hydrogen-bond donors (Lipinski definition) is 1. The Morgan fingerprint density at radius 3 is 2.71 bits per heavy atom. The number of ether oxygens (including phenoxy) is 1. The minimum absolute atomic E-state index is 0.578. The van der Waals surface area contributed by atoms with Crippen molar-refractivity contribution >= 4 is 0 Å². The zero-order valence-electron chi connectivity index (χ0n) is 12.1. The molecule has 0 aromatic heterocycles. The normalized spacial score (nSPS) is 24.5. The molecule has 1 fully saturated rings. The van der Waals surface area contributed by atoms with E-state index in [-0.39, 0.29) is 0 Å². The van der Waals surface area contributed by atoms with Crippen molar-refractivity contribution in [2.24, 2.45) is 5.41 Å². The third-order valence-corrected chi connectivity index (χ3v) is 4.03. The van der Waals surface area contributed by atoms with Crippen LogP contribution in [0, 0.1) is 5.41 Å². The second kappa shape index (κ2) is 8.10. The number of rotatable bonds is 7. The monoisotopic (exact) mass is 241 g/mol. The van der Waals surface area contributed by atoms with Crippen molar-refractivity contribution in [1.29, 1.82) is 0 Å². The zero-order chi connectivity index (χ0) is 12.6. The van der Waals surface area contributed by atoms with Crippen molar-refractivity contribution in [2.45, 2.75) is 71.3 Å². The number of unbranched alkanes of at least 4 members (excludes halogenated alkanes) is 2. The lowest BCUT2D eigenvalue weighted by atomic mass is 9.85. The van der Waals surface area contributed by atoms with Gasteiger partial charge in [0.05, 0.1) is 0 Å². The van der Waals surface area contributed by atoms with Gasteiger partial charge in [0.15, 0.2) is 0 Å². The first-order valence-corrected chi connectivity index (χ1v) is 7.36. The molecule has 102 valence electrons. The maximum absolute atomic E-state index is 5.06. The second-order valence-corrected chi connectivity index (χ2v) is 6.30. The van der Waals surface area contributed by atoms with Gasteiger partial charge in [-0.15, -0.1) is 0 Å². The van der Waals surface area contributed by atoms with E-state index in [2.05, 4.69) is 19.2 Å². The van der Waals surface area contributed by atoms with E-state index in [9.17, 15) is 0 Å². The summed E-state index contributed by atoms with van der Waals surface area (Å²) in [6.45, 7) is 6.94. The molecule has 0 aliphatic heterocycles. The summed E-state index contributed by atoms with van der Waals surface area (Å²) in [7, 11) is 1.78. The van der Waals surface area contributed by atoms with Crippen molar-refractivity contribution in [3.05, 3.63) is 0 Å². The predicted molar refractivity (Wildman–Crippen MR) is 74.4 cm³/mol. The van der Waals surface area contributed by atoms with Gasteiger partial charge in [-0.3, -0.25) is 0 Å². The van der Waals surface area contributed by atoms with Gasteiger partial charge in [-0.2, -0.15) is 0 Å². The van der Waals surface area contributed by atoms with Crippen LogP contribution in [-0.4, -0.2) is 26.3 Å². The van der Waals surface area contributed by atoms with Crippen LogP contribution >= 0.6 is 0 Å². The van der Waals surface area contributed by atoms with E-state index in [1.807, 2.05) is 0 Å². The highest BCUT2D eigenvalue weighted by atomic mass is 16.5. The summed E-state index contributed by atoms with van der Waals surface area (Å²) in [4.78, 5) is 0. The van der Waals surface area contributed by atoms with E-state index in [0.717, 1.165) is 12.6 Å². The summed E-state index contributed by atoms with van der Waals surface area (Å²) in [6, 6.07) is 0.777. The number of hydrogen-bond acceptors (Lipinski definition) is 2. The Hall–Kier alpha value is -0.0800. The van der Waals surface area contributed by atoms with E-state index in [4.69, 9.17) is 4.74 Å². The van der Waals surface area contributed by atoms with Gasteiger partial charge in [0, 0.05) is 19.8 Å². The molecular formula is C15H31NO. The molecular weight excluding hydrogens is 210 g/mol. The molecule has 0 aromatic rings. The standard InChI is InChI=1S/C15H31NO/c1-15(2)10-7-8-14(9-11-15)16-12-5-4-6-13-17-3/h14,16H,4-13H2,1-3H3. The molecule has 2 heteroatoms. The molecule has 0 heterocycles. The number of methoxy groups -OCH3 is 1. The molecule has 2 nitrogen and oxygen atoms in total. The first-order chi connectivity index (χ1) is 8.14. The largest absolute Gasteiger partial charge is 0.385 e. The van der Waals surface area contributed by atoms with Crippen molar-refractivity contribution < 1.29 is 4.74 Å². The topological polar surface area (TPSA) is 21.3 Å². The predicted octanol–water partition coefficient (Wildman–Crippen LogP) is 3.75. The van der Waals surface area contributed by atoms with Crippen LogP contribution < -0.4 is 5.32 Å². The fourth-order valence-corrected chi connectivity index (χ4v) is 2.72. The molecule has 0 aromatic carbocycles. The molecule has 1 aliphatic carbocycles. The maximum Gasteiger partial charge on any atom is 0.0462 e. The molecule has 0 amide bonds. The Kier molecular flexibility index (Phi) is 7.14. The Morgan fingerprint density at radius 2 is 1.94 bits per heavy atom. The number of nitrogens with one attached hydrogen (secondary N) is 1. The zero-order valence-corrected chi connectivity index (χ0v) is 12.1. The van der Waals surface area contributed by atoms with E-state index >= 15 is 0 Å². The van der Waals surface area contributed by atoms with Crippen LogP contribution in [0.15, 0.2) is 0 Å². The molecule has 1 unspecified atom stereocenters. The molecule has 1 saturated carbocycles. The Labute approximate surface area is 108 Å². The summed E-state index contributed by atoms with van der Waals surface area (Å²) >= 11 is 0. The van der Waals surface area contributed by atoms with Crippen LogP contribution in [0.1, 0.15) is 65.2 Å². The minimum Gasteiger partial charge on any atom is -0.385 e. The lowest BCUT2D eigenvalue weighted by molar-refractivity contribution is 0.192. The SMILES string of the molecule is COCCCCCNC1CCCC(C)(C)CC1. The van der Waals surface area contributed by atoms with Gasteiger partial charge in [-0.25, -0.2) is 0 Å². The second-order valence-electron chi connectivity index (χ2n) is 6.30. The van der Waals surface area contributed by atoms with Crippen molar-refractivity contribution in [3.8, 4) is 0 Å². The highest BCUT2D eigenvalue weighted by Gasteiger charge is 2.23. The van der Waals surface area contributed by atoms with Crippen LogP contribution in [0.2, 0.25) is 0 Å². The van der Waals surface area contributed by atoms with Gasteiger partial charge in [-0.1, -0.05) is 20.3 Å². The molecule has 0 saturated heterocycles. The lowest BCUT2D eigenvalue weighted by Gasteiger charge is -2.22. The highest BCUT2D eigenvalue weighted by Crippen LogP contribution is 2.33. The fraction of sp³-hybridized carbons (Fsp3) is 1.00. The Morgan fingerprint density at radius 1 is 1.12 bits per heavy atom. The van der Waals surface area contributed by atoms with Gasteiger partial charge in [0.1, 0.15) is 0 Å². The highest BCUT2D eigenvalue weighted by molar-refractivity contribution is 4.79. The van der Waals surface area contributed by atoms with E-state index < -0.39 is 0 Å². The van der Waals surface area contributed by atoms with Crippen molar-refractivity contribution in [3.63, 3.8) is 0 Å². The average molecular weight is 241 g/mol. The smallest absolute Gasteiger partial charge is 0.0462 e. The third kappa shape index (κ3) is 7.05. The minimum atomic E-state index is 0.578. The van der Waals surface area contributed by atoms with Crippen LogP contribution in [0.25, 0.3) is 0 Å². The molecule has 0 bridgehead atoms. The first kappa shape index (κ1) is 15.0. The Bertz CT molecular complexity index is 191. The van der Waals surface area contributed by atoms with Crippen LogP contribution in [0.4, 0.5) is 0 Å². The summed E-state index contributed by atoms with van der Waals surface area (Å²) in [5.41, 5.74) is 0.578. The third-order valence-electron chi connectivity index (χ3n) is 4.03. The van der Waals surface area contributed by atoms with E-state index in [1.165, 1.54) is 57.9 Å². The summed E-state index contributed by atoms with van der Waals surface area (Å²) < 4.78 is 5.06. The van der Waals surface area contributed by atoms with Gasteiger partial charge in [0.2, 0.25) is 0 Å². The molecule has 17 heavy (non-hydrogen) atoms. The van der Waals surface area contributed by atoms with Crippen LogP contribution in [-0.2, 0) is 4.74 Å². The summed E-state index contributed by atoms with van der Waals surface area (Å²) in [5.74, 6) is 0. The van der Waals surface area contributed by atoms with Gasteiger partial charge < -0.3 is 10.1 Å². The van der Waals surface area contributed by atoms with Gasteiger partial charge in [-0.05, 0) is 56.9 Å². The molecule has 1 rings (SSSR count). The van der Waals surface area contributed by atoms with Gasteiger partial charge in [0.25, 0.3) is 0 Å². The van der Waals surface area contributed by atoms with Gasteiger partial charge >= 0.3 is 0 Å². The van der Waals surface area contributed by atoms with Crippen molar-refractivity contribution in [2.75, 3.05) is 20.3 Å². The molecule has 1 aliphatic rings. The quantitative estimate of drug-likeness (QED) is 0.541. The van der Waals surface area contributed by atoms with Crippen molar-refractivity contribution in [1.82, 2.24) is 5.32 Å². The van der Waals surface area contributed by atoms with Crippen LogP contribution in [0.5, 0.6) is 0 Å². The molecule has 1 atom stereocenters. The van der Waals surface area contributed by atoms with E-state index in [1.54, 1.807) is 7.11 Å². The maximum atomic E-state index is 5.06. The summed E-state index contributed by atoms with van der Waals surface area (Å²) in [6.07, 6.45) is 10.7. The lowest BCUT2D eigenvalue weighted by Crippen LogP contribution is -2.29. The van der Waals surface area contributed by atoms with Crippen LogP contribution in [0.3, 0.4) is 0 Å². The van der Waals surface area contributed by atoms with E-state index in [0.29, 0.717) is 5.41 Å². The average Bonchev–Trinajstić information content (AvgIpc) is 2.45. The Balaban J connectivity index is 2.03. The molecule has 0 spiro atoms. The molecule has 0 radical (unpaired) electrons. The first-order valence-electron chi connectivity index (χ1n) is 7.36. The molecule has 1 N–H and O–H groups in total. The fourth-order valence-electron chi connectivity index (χ4n) is 2.72.